The molecule has 1 heterocycles. The van der Waals surface area contributed by atoms with Gasteiger partial charge < -0.3 is 10.0 Å². The Kier molecular flexibility index (Phi) is 4.93. The van der Waals surface area contributed by atoms with Crippen LogP contribution in [0, 0.1) is 5.92 Å². The molecule has 1 saturated heterocycles. The van der Waals surface area contributed by atoms with Crippen molar-refractivity contribution in [3.63, 3.8) is 0 Å². The summed E-state index contributed by atoms with van der Waals surface area (Å²) in [6.07, 6.45) is 0.394. The summed E-state index contributed by atoms with van der Waals surface area (Å²) in [7, 11) is -3.50. The van der Waals surface area contributed by atoms with Crippen LogP contribution in [0.25, 0.3) is 0 Å². The third-order valence-corrected chi connectivity index (χ3v) is 5.43. The minimum absolute atomic E-state index is 0.100. The minimum atomic E-state index is -3.50. The molecular formula is C15H20N2O5S. The van der Waals surface area contributed by atoms with Crippen molar-refractivity contribution in [2.75, 3.05) is 17.0 Å². The number of carbonyl (C=O) groups is 2. The molecule has 1 amide bonds. The number of carboxylic acids is 1. The lowest BCUT2D eigenvalue weighted by atomic mass is 10.0. The van der Waals surface area contributed by atoms with Crippen molar-refractivity contribution in [1.82, 2.24) is 4.90 Å². The maximum Gasteiger partial charge on any atom is 0.308 e. The van der Waals surface area contributed by atoms with Crippen LogP contribution in [0.5, 0.6) is 0 Å². The highest BCUT2D eigenvalue weighted by atomic mass is 32.2. The first-order valence-corrected chi connectivity index (χ1v) is 9.05. The predicted octanol–water partition coefficient (Wildman–Crippen LogP) is 1.38. The molecule has 0 bridgehead atoms. The van der Waals surface area contributed by atoms with E-state index in [9.17, 15) is 18.0 Å². The second-order valence-corrected chi connectivity index (χ2v) is 7.53. The number of nitrogens with zero attached hydrogens (tertiary/aromatic N) is 1. The zero-order valence-corrected chi connectivity index (χ0v) is 13.8. The number of aliphatic carboxylic acids is 1. The average molecular weight is 340 g/mol. The number of anilines is 1. The van der Waals surface area contributed by atoms with Crippen molar-refractivity contribution < 1.29 is 23.1 Å². The third kappa shape index (κ3) is 3.64. The Morgan fingerprint density at radius 1 is 1.35 bits per heavy atom. The van der Waals surface area contributed by atoms with Crippen LogP contribution >= 0.6 is 0 Å². The molecule has 0 saturated carbocycles. The van der Waals surface area contributed by atoms with Gasteiger partial charge >= 0.3 is 5.97 Å². The fourth-order valence-corrected chi connectivity index (χ4v) is 3.37. The molecule has 2 atom stereocenters. The van der Waals surface area contributed by atoms with Gasteiger partial charge in [-0.15, -0.1) is 0 Å². The van der Waals surface area contributed by atoms with Gasteiger partial charge in [0.25, 0.3) is 5.91 Å². The molecule has 0 spiro atoms. The molecule has 2 N–H and O–H groups in total. The quantitative estimate of drug-likeness (QED) is 0.843. The summed E-state index contributed by atoms with van der Waals surface area (Å²) in [6, 6.07) is 5.91. The van der Waals surface area contributed by atoms with E-state index in [-0.39, 0.29) is 22.9 Å². The number of amides is 1. The number of benzene rings is 1. The van der Waals surface area contributed by atoms with Gasteiger partial charge in [0.2, 0.25) is 10.0 Å². The monoisotopic (exact) mass is 340 g/mol. The minimum Gasteiger partial charge on any atom is -0.481 e. The summed E-state index contributed by atoms with van der Waals surface area (Å²) < 4.78 is 25.9. The molecule has 126 valence electrons. The van der Waals surface area contributed by atoms with Crippen LogP contribution in [0.15, 0.2) is 24.3 Å². The number of hydrogen-bond donors (Lipinski definition) is 2. The fourth-order valence-electron chi connectivity index (χ4n) is 2.71. The normalized spacial score (nSPS) is 21.2. The van der Waals surface area contributed by atoms with Gasteiger partial charge in [-0.05, 0) is 32.4 Å². The maximum atomic E-state index is 12.7. The zero-order valence-electron chi connectivity index (χ0n) is 13.0. The molecule has 1 aromatic carbocycles. The number of carbonyl (C=O) groups excluding carboxylic acids is 1. The van der Waals surface area contributed by atoms with E-state index in [2.05, 4.69) is 4.72 Å². The van der Waals surface area contributed by atoms with Crippen LogP contribution < -0.4 is 4.72 Å². The van der Waals surface area contributed by atoms with Crippen LogP contribution in [0.2, 0.25) is 0 Å². The van der Waals surface area contributed by atoms with Crippen molar-refractivity contribution in [1.29, 1.82) is 0 Å². The largest absolute Gasteiger partial charge is 0.481 e. The van der Waals surface area contributed by atoms with E-state index >= 15 is 0 Å². The molecule has 1 aromatic rings. The van der Waals surface area contributed by atoms with Gasteiger partial charge in [-0.25, -0.2) is 8.42 Å². The lowest BCUT2D eigenvalue weighted by molar-refractivity contribution is -0.142. The standard InChI is InChI=1S/C15H20N2O5S/c1-3-23(21,22)16-13-7-5-4-6-12(13)14(18)17-9-8-11(10(17)2)15(19)20/h4-7,10-11,16H,3,8-9H2,1-2H3,(H,19,20). The van der Waals surface area contributed by atoms with Crippen molar-refractivity contribution in [2.45, 2.75) is 26.3 Å². The van der Waals surface area contributed by atoms with E-state index in [1.165, 1.54) is 24.0 Å². The van der Waals surface area contributed by atoms with Crippen molar-refractivity contribution >= 4 is 27.6 Å². The molecule has 1 aliphatic rings. The Morgan fingerprint density at radius 2 is 2.00 bits per heavy atom. The number of para-hydroxylation sites is 1. The number of hydrogen-bond acceptors (Lipinski definition) is 4. The van der Waals surface area contributed by atoms with E-state index in [0.717, 1.165) is 0 Å². The smallest absolute Gasteiger partial charge is 0.308 e. The SMILES string of the molecule is CCS(=O)(=O)Nc1ccccc1C(=O)N1CCC(C(=O)O)C1C. The van der Waals surface area contributed by atoms with E-state index in [0.29, 0.717) is 13.0 Å². The second-order valence-electron chi connectivity index (χ2n) is 5.52. The fraction of sp³-hybridized carbons (Fsp3) is 0.467. The first-order valence-electron chi connectivity index (χ1n) is 7.40. The van der Waals surface area contributed by atoms with E-state index in [1.807, 2.05) is 0 Å². The Hall–Kier alpha value is -2.09. The maximum absolute atomic E-state index is 12.7. The average Bonchev–Trinajstić information content (AvgIpc) is 2.88. The van der Waals surface area contributed by atoms with Gasteiger partial charge in [-0.2, -0.15) is 0 Å². The number of rotatable bonds is 5. The number of sulfonamides is 1. The highest BCUT2D eigenvalue weighted by Crippen LogP contribution is 2.28. The Labute approximate surface area is 135 Å². The van der Waals surface area contributed by atoms with Crippen LogP contribution in [0.4, 0.5) is 5.69 Å². The Morgan fingerprint density at radius 3 is 2.57 bits per heavy atom. The molecule has 0 aliphatic carbocycles. The zero-order chi connectivity index (χ0) is 17.2. The summed E-state index contributed by atoms with van der Waals surface area (Å²) >= 11 is 0. The first-order chi connectivity index (χ1) is 10.8. The molecule has 0 aromatic heterocycles. The summed E-state index contributed by atoms with van der Waals surface area (Å²) in [5.41, 5.74) is 0.438. The van der Waals surface area contributed by atoms with Crippen molar-refractivity contribution in [2.24, 2.45) is 5.92 Å². The second kappa shape index (κ2) is 6.57. The Bertz CT molecular complexity index is 716. The molecule has 8 heteroatoms. The highest BCUT2D eigenvalue weighted by Gasteiger charge is 2.38. The molecule has 23 heavy (non-hydrogen) atoms. The predicted molar refractivity (Wildman–Crippen MR) is 85.8 cm³/mol. The highest BCUT2D eigenvalue weighted by molar-refractivity contribution is 7.92. The number of carboxylic acid groups (broad SMARTS) is 1. The van der Waals surface area contributed by atoms with Crippen LogP contribution in [0.3, 0.4) is 0 Å². The summed E-state index contributed by atoms with van der Waals surface area (Å²) in [4.78, 5) is 25.4. The Balaban J connectivity index is 2.29. The van der Waals surface area contributed by atoms with Crippen LogP contribution in [-0.4, -0.2) is 48.6 Å². The van der Waals surface area contributed by atoms with E-state index in [4.69, 9.17) is 5.11 Å². The molecule has 7 nitrogen and oxygen atoms in total. The van der Waals surface area contributed by atoms with Crippen molar-refractivity contribution in [3.8, 4) is 0 Å². The van der Waals surface area contributed by atoms with Crippen LogP contribution in [0.1, 0.15) is 30.6 Å². The third-order valence-electron chi connectivity index (χ3n) is 4.14. The van der Waals surface area contributed by atoms with Gasteiger partial charge in [-0.3, -0.25) is 14.3 Å². The first kappa shape index (κ1) is 17.3. The number of likely N-dealkylation sites (tertiary alicyclic amines) is 1. The van der Waals surface area contributed by atoms with E-state index in [1.54, 1.807) is 19.1 Å². The summed E-state index contributed by atoms with van der Waals surface area (Å²) in [5, 5.41) is 9.16. The molecule has 2 unspecified atom stereocenters. The lowest BCUT2D eigenvalue weighted by Crippen LogP contribution is -2.38. The van der Waals surface area contributed by atoms with Gasteiger partial charge in [0.1, 0.15) is 0 Å². The summed E-state index contributed by atoms with van der Waals surface area (Å²) in [6.45, 7) is 3.54. The molecule has 1 aliphatic heterocycles. The van der Waals surface area contributed by atoms with Crippen molar-refractivity contribution in [3.05, 3.63) is 29.8 Å². The molecular weight excluding hydrogens is 320 g/mol. The molecule has 1 fully saturated rings. The molecule has 0 radical (unpaired) electrons. The lowest BCUT2D eigenvalue weighted by Gasteiger charge is -2.24. The van der Waals surface area contributed by atoms with Gasteiger partial charge in [0, 0.05) is 12.6 Å². The summed E-state index contributed by atoms with van der Waals surface area (Å²) in [5.74, 6) is -1.99. The molecule has 2 rings (SSSR count). The van der Waals surface area contributed by atoms with Gasteiger partial charge in [0.05, 0.1) is 22.9 Å². The number of nitrogens with one attached hydrogen (secondary N) is 1. The topological polar surface area (TPSA) is 104 Å². The van der Waals surface area contributed by atoms with Crippen LogP contribution in [-0.2, 0) is 14.8 Å². The van der Waals surface area contributed by atoms with Gasteiger partial charge in [0.15, 0.2) is 0 Å². The van der Waals surface area contributed by atoms with E-state index < -0.39 is 28.0 Å². The van der Waals surface area contributed by atoms with Gasteiger partial charge in [-0.1, -0.05) is 12.1 Å².